The Morgan fingerprint density at radius 3 is 2.62 bits per heavy atom. The van der Waals surface area contributed by atoms with Crippen LogP contribution < -0.4 is 10.4 Å². The second kappa shape index (κ2) is 9.33. The maximum absolute atomic E-state index is 12.9. The van der Waals surface area contributed by atoms with Gasteiger partial charge < -0.3 is 19.4 Å². The molecule has 3 N–H and O–H groups in total. The zero-order valence-electron chi connectivity index (χ0n) is 16.3. The van der Waals surface area contributed by atoms with E-state index in [-0.39, 0.29) is 11.8 Å². The minimum atomic E-state index is -1.60. The monoisotopic (exact) mass is 423 g/mol. The summed E-state index contributed by atoms with van der Waals surface area (Å²) in [6, 6.07) is 3.81. The lowest BCUT2D eigenvalue weighted by atomic mass is 9.90. The molecule has 1 fully saturated rings. The number of hydrogen-bond acceptors (Lipinski definition) is 9. The van der Waals surface area contributed by atoms with E-state index in [9.17, 15) is 14.7 Å². The predicted molar refractivity (Wildman–Crippen MR) is 105 cm³/mol. The van der Waals surface area contributed by atoms with Gasteiger partial charge in [-0.15, -0.1) is 11.3 Å². The quantitative estimate of drug-likeness (QED) is 0.443. The molecule has 0 bridgehead atoms. The largest absolute Gasteiger partial charge is 0.382 e. The predicted octanol–water partition coefficient (Wildman–Crippen LogP) is 0.975. The molecule has 1 aliphatic heterocycles. The van der Waals surface area contributed by atoms with E-state index < -0.39 is 17.9 Å². The number of nitrogens with zero attached hydrogens (tertiary/aromatic N) is 4. The van der Waals surface area contributed by atoms with E-state index in [0.717, 1.165) is 4.88 Å². The fraction of sp³-hybridized carbons (Fsp3) is 0.556. The van der Waals surface area contributed by atoms with E-state index in [1.54, 1.807) is 4.90 Å². The number of anilines is 1. The van der Waals surface area contributed by atoms with Gasteiger partial charge in [-0.05, 0) is 28.9 Å². The highest BCUT2D eigenvalue weighted by atomic mass is 32.1. The summed E-state index contributed by atoms with van der Waals surface area (Å²) in [5.41, 5.74) is 1.42. The third-order valence-corrected chi connectivity index (χ3v) is 5.68. The van der Waals surface area contributed by atoms with E-state index in [1.807, 2.05) is 36.3 Å². The van der Waals surface area contributed by atoms with Crippen molar-refractivity contribution in [3.05, 3.63) is 17.5 Å². The summed E-state index contributed by atoms with van der Waals surface area (Å²) < 4.78 is 5.31. The molecule has 2 aromatic rings. The Balaban J connectivity index is 1.62. The summed E-state index contributed by atoms with van der Waals surface area (Å²) in [5, 5.41) is 24.9. The van der Waals surface area contributed by atoms with Crippen LogP contribution in [0.5, 0.6) is 0 Å². The molecule has 158 valence electrons. The van der Waals surface area contributed by atoms with Gasteiger partial charge in [0.1, 0.15) is 6.10 Å². The molecule has 0 aromatic carbocycles. The first-order valence-corrected chi connectivity index (χ1v) is 10.3. The van der Waals surface area contributed by atoms with Crippen molar-refractivity contribution >= 4 is 29.1 Å². The Morgan fingerprint density at radius 2 is 2.03 bits per heavy atom. The van der Waals surface area contributed by atoms with Crippen molar-refractivity contribution in [1.29, 1.82) is 0 Å². The highest BCUT2D eigenvalue weighted by molar-refractivity contribution is 7.13. The minimum Gasteiger partial charge on any atom is -0.382 e. The number of piperazine rings is 1. The Kier molecular flexibility index (Phi) is 6.83. The molecule has 1 saturated heterocycles. The molecule has 0 unspecified atom stereocenters. The summed E-state index contributed by atoms with van der Waals surface area (Å²) >= 11 is 1.51. The van der Waals surface area contributed by atoms with E-state index in [4.69, 9.17) is 9.73 Å². The standard InChI is InChI=1S/C18H25N5O5S/c1-11(2)10-12(14(24)15(25)20-27)17(26)22-5-7-23(8-6-22)18-19-16(28-21-18)13-4-3-9-29-13/h3-4,9,11-12,14,24,27H,5-8,10H2,1-2H3,(H,20,25)/t12-,14-/m0/s1. The number of carbonyl (C=O) groups is 2. The summed E-state index contributed by atoms with van der Waals surface area (Å²) in [7, 11) is 0. The first-order valence-electron chi connectivity index (χ1n) is 9.44. The third-order valence-electron chi connectivity index (χ3n) is 4.82. The highest BCUT2D eigenvalue weighted by Gasteiger charge is 2.36. The van der Waals surface area contributed by atoms with Crippen molar-refractivity contribution in [2.75, 3.05) is 31.1 Å². The van der Waals surface area contributed by atoms with E-state index >= 15 is 0 Å². The fourth-order valence-corrected chi connectivity index (χ4v) is 3.97. The van der Waals surface area contributed by atoms with Gasteiger partial charge in [-0.3, -0.25) is 14.8 Å². The number of hydrogen-bond donors (Lipinski definition) is 3. The lowest BCUT2D eigenvalue weighted by molar-refractivity contribution is -0.151. The van der Waals surface area contributed by atoms with Crippen molar-refractivity contribution in [2.45, 2.75) is 26.4 Å². The molecule has 1 aliphatic rings. The smallest absolute Gasteiger partial charge is 0.272 e. The normalized spacial score (nSPS) is 16.7. The van der Waals surface area contributed by atoms with Crippen molar-refractivity contribution in [3.63, 3.8) is 0 Å². The maximum Gasteiger partial charge on any atom is 0.272 e. The van der Waals surface area contributed by atoms with Crippen LogP contribution in [0.15, 0.2) is 22.0 Å². The van der Waals surface area contributed by atoms with Crippen molar-refractivity contribution < 1.29 is 24.4 Å². The van der Waals surface area contributed by atoms with Gasteiger partial charge in [0.05, 0.1) is 10.8 Å². The number of carbonyl (C=O) groups excluding carboxylic acids is 2. The Bertz CT molecular complexity index is 816. The van der Waals surface area contributed by atoms with Gasteiger partial charge in [0.15, 0.2) is 0 Å². The number of amides is 2. The molecule has 0 aliphatic carbocycles. The lowest BCUT2D eigenvalue weighted by Gasteiger charge is -2.36. The molecule has 2 atom stereocenters. The molecule has 3 heterocycles. The van der Waals surface area contributed by atoms with Crippen LogP contribution in [0.4, 0.5) is 5.95 Å². The topological polar surface area (TPSA) is 132 Å². The van der Waals surface area contributed by atoms with Crippen LogP contribution in [0.25, 0.3) is 10.8 Å². The summed E-state index contributed by atoms with van der Waals surface area (Å²) in [6.07, 6.45) is -1.26. The van der Waals surface area contributed by atoms with E-state index in [2.05, 4.69) is 10.1 Å². The molecule has 29 heavy (non-hydrogen) atoms. The fourth-order valence-electron chi connectivity index (χ4n) is 3.33. The van der Waals surface area contributed by atoms with Crippen molar-refractivity contribution in [2.24, 2.45) is 11.8 Å². The number of aliphatic hydroxyl groups excluding tert-OH is 1. The number of thiophene rings is 1. The average Bonchev–Trinajstić information content (AvgIpc) is 3.42. The van der Waals surface area contributed by atoms with Gasteiger partial charge in [-0.25, -0.2) is 5.48 Å². The molecule has 3 rings (SSSR count). The number of nitrogens with one attached hydrogen (secondary N) is 1. The summed E-state index contributed by atoms with van der Waals surface area (Å²) in [4.78, 5) is 33.4. The number of hydroxylamine groups is 1. The zero-order valence-corrected chi connectivity index (χ0v) is 17.1. The molecule has 10 nitrogen and oxygen atoms in total. The third kappa shape index (κ3) is 4.92. The van der Waals surface area contributed by atoms with Crippen molar-refractivity contribution in [3.8, 4) is 10.8 Å². The second-order valence-corrected chi connectivity index (χ2v) is 8.29. The number of aromatic nitrogens is 2. The summed E-state index contributed by atoms with van der Waals surface area (Å²) in [6.45, 7) is 5.64. The molecule has 2 amide bonds. The molecule has 0 saturated carbocycles. The van der Waals surface area contributed by atoms with Crippen LogP contribution in [0, 0.1) is 11.8 Å². The average molecular weight is 423 g/mol. The van der Waals surface area contributed by atoms with Gasteiger partial charge in [0.2, 0.25) is 5.91 Å². The van der Waals surface area contributed by atoms with E-state index in [0.29, 0.717) is 44.4 Å². The molecular weight excluding hydrogens is 398 g/mol. The van der Waals surface area contributed by atoms with Crippen LogP contribution in [-0.2, 0) is 9.59 Å². The van der Waals surface area contributed by atoms with Crippen LogP contribution >= 0.6 is 11.3 Å². The van der Waals surface area contributed by atoms with Gasteiger partial charge in [-0.2, -0.15) is 4.98 Å². The van der Waals surface area contributed by atoms with Crippen molar-refractivity contribution in [1.82, 2.24) is 20.5 Å². The first kappa shape index (κ1) is 21.2. The molecular formula is C18H25N5O5S. The van der Waals surface area contributed by atoms with Gasteiger partial charge in [0.25, 0.3) is 17.7 Å². The van der Waals surface area contributed by atoms with Gasteiger partial charge >= 0.3 is 0 Å². The molecule has 0 spiro atoms. The second-order valence-electron chi connectivity index (χ2n) is 7.35. The summed E-state index contributed by atoms with van der Waals surface area (Å²) in [5.74, 6) is -1.16. The zero-order chi connectivity index (χ0) is 21.0. The molecule has 2 aromatic heterocycles. The Morgan fingerprint density at radius 1 is 1.31 bits per heavy atom. The van der Waals surface area contributed by atoms with E-state index in [1.165, 1.54) is 16.8 Å². The van der Waals surface area contributed by atoms with Crippen LogP contribution in [0.2, 0.25) is 0 Å². The molecule has 0 radical (unpaired) electrons. The maximum atomic E-state index is 12.9. The van der Waals surface area contributed by atoms with Gasteiger partial charge in [-0.1, -0.05) is 19.9 Å². The lowest BCUT2D eigenvalue weighted by Crippen LogP contribution is -2.53. The first-order chi connectivity index (χ1) is 13.9. The highest BCUT2D eigenvalue weighted by Crippen LogP contribution is 2.25. The Labute approximate surface area is 172 Å². The van der Waals surface area contributed by atoms with Crippen LogP contribution in [0.3, 0.4) is 0 Å². The Hall–Kier alpha value is -2.50. The SMILES string of the molecule is CC(C)C[C@H](C(=O)N1CCN(c2noc(-c3cccs3)n2)CC1)[C@H](O)C(=O)NO. The number of rotatable bonds is 7. The van der Waals surface area contributed by atoms with Crippen LogP contribution in [0.1, 0.15) is 20.3 Å². The van der Waals surface area contributed by atoms with Crippen LogP contribution in [-0.4, -0.2) is 69.5 Å². The number of aliphatic hydroxyl groups is 1. The minimum absolute atomic E-state index is 0.0985. The van der Waals surface area contributed by atoms with Gasteiger partial charge in [0, 0.05) is 26.2 Å². The molecule has 11 heteroatoms.